The Bertz CT molecular complexity index is 343. The van der Waals surface area contributed by atoms with Crippen LogP contribution in [0.25, 0.3) is 0 Å². The van der Waals surface area contributed by atoms with Crippen molar-refractivity contribution in [3.63, 3.8) is 0 Å². The van der Waals surface area contributed by atoms with Gasteiger partial charge in [-0.3, -0.25) is 5.32 Å². The van der Waals surface area contributed by atoms with Crippen molar-refractivity contribution in [3.8, 4) is 6.07 Å². The molecule has 2 fully saturated rings. The number of hydrogen-bond acceptors (Lipinski definition) is 3. The Kier molecular flexibility index (Phi) is 5.46. The second kappa shape index (κ2) is 6.91. The van der Waals surface area contributed by atoms with Crippen LogP contribution in [0.15, 0.2) is 0 Å². The van der Waals surface area contributed by atoms with Gasteiger partial charge in [-0.25, -0.2) is 0 Å². The highest BCUT2D eigenvalue weighted by atomic mass is 15.1. The van der Waals surface area contributed by atoms with E-state index in [0.29, 0.717) is 6.04 Å². The molecule has 3 nitrogen and oxygen atoms in total. The van der Waals surface area contributed by atoms with Crippen molar-refractivity contribution in [2.45, 2.75) is 70.9 Å². The molecule has 0 aromatic carbocycles. The first kappa shape index (κ1) is 15.8. The molecule has 114 valence electrons. The quantitative estimate of drug-likeness (QED) is 0.740. The molecule has 1 saturated carbocycles. The maximum Gasteiger partial charge on any atom is 0.106 e. The number of hydrogen-bond donors (Lipinski definition) is 1. The summed E-state index contributed by atoms with van der Waals surface area (Å²) in [5, 5.41) is 13.1. The van der Waals surface area contributed by atoms with Crippen LogP contribution in [-0.2, 0) is 0 Å². The lowest BCUT2D eigenvalue weighted by Crippen LogP contribution is -2.45. The zero-order valence-corrected chi connectivity index (χ0v) is 13.5. The highest BCUT2D eigenvalue weighted by Gasteiger charge is 2.35. The maximum absolute atomic E-state index is 9.53. The van der Waals surface area contributed by atoms with E-state index in [0.717, 1.165) is 31.1 Å². The van der Waals surface area contributed by atoms with Crippen molar-refractivity contribution in [1.29, 1.82) is 5.26 Å². The normalized spacial score (nSPS) is 26.6. The highest BCUT2D eigenvalue weighted by Crippen LogP contribution is 2.28. The second-order valence-corrected chi connectivity index (χ2v) is 7.16. The van der Waals surface area contributed by atoms with Crippen LogP contribution in [0.5, 0.6) is 0 Å². The molecule has 0 spiro atoms. The van der Waals surface area contributed by atoms with Crippen LogP contribution in [0.4, 0.5) is 0 Å². The monoisotopic (exact) mass is 277 g/mol. The van der Waals surface area contributed by atoms with Crippen LogP contribution >= 0.6 is 0 Å². The smallest absolute Gasteiger partial charge is 0.106 e. The van der Waals surface area contributed by atoms with Gasteiger partial charge in [0.25, 0.3) is 0 Å². The number of rotatable bonds is 8. The summed E-state index contributed by atoms with van der Waals surface area (Å²) in [5.74, 6) is 1.69. The fraction of sp³-hybridized carbons (Fsp3) is 0.941. The minimum atomic E-state index is -0.266. The van der Waals surface area contributed by atoms with Gasteiger partial charge in [0.05, 0.1) is 6.07 Å². The third kappa shape index (κ3) is 4.20. The fourth-order valence-electron chi connectivity index (χ4n) is 3.35. The first-order valence-corrected chi connectivity index (χ1v) is 8.50. The summed E-state index contributed by atoms with van der Waals surface area (Å²) < 4.78 is 0. The molecule has 20 heavy (non-hydrogen) atoms. The predicted molar refractivity (Wildman–Crippen MR) is 83.4 cm³/mol. The van der Waals surface area contributed by atoms with E-state index in [1.807, 2.05) is 0 Å². The van der Waals surface area contributed by atoms with Crippen molar-refractivity contribution in [1.82, 2.24) is 10.2 Å². The van der Waals surface area contributed by atoms with Crippen molar-refractivity contribution in [2.75, 3.05) is 19.6 Å². The van der Waals surface area contributed by atoms with Crippen LogP contribution in [0.3, 0.4) is 0 Å². The molecule has 0 aromatic heterocycles. The van der Waals surface area contributed by atoms with Crippen LogP contribution in [0.1, 0.15) is 59.3 Å². The van der Waals surface area contributed by atoms with Gasteiger partial charge < -0.3 is 4.90 Å². The summed E-state index contributed by atoms with van der Waals surface area (Å²) >= 11 is 0. The minimum absolute atomic E-state index is 0.266. The molecule has 0 bridgehead atoms. The van der Waals surface area contributed by atoms with E-state index in [2.05, 4.69) is 37.1 Å². The molecule has 2 atom stereocenters. The summed E-state index contributed by atoms with van der Waals surface area (Å²) in [6, 6.07) is 3.18. The van der Waals surface area contributed by atoms with E-state index < -0.39 is 0 Å². The Hall–Kier alpha value is -0.590. The van der Waals surface area contributed by atoms with E-state index in [4.69, 9.17) is 0 Å². The van der Waals surface area contributed by atoms with Crippen LogP contribution in [0.2, 0.25) is 0 Å². The Morgan fingerprint density at radius 3 is 2.60 bits per heavy atom. The number of nitrogens with one attached hydrogen (secondary N) is 1. The zero-order valence-electron chi connectivity index (χ0n) is 13.5. The maximum atomic E-state index is 9.53. The van der Waals surface area contributed by atoms with Crippen LogP contribution < -0.4 is 5.32 Å². The molecular weight excluding hydrogens is 246 g/mol. The topological polar surface area (TPSA) is 39.1 Å². The lowest BCUT2D eigenvalue weighted by molar-refractivity contribution is 0.276. The molecule has 0 amide bonds. The van der Waals surface area contributed by atoms with Crippen LogP contribution in [-0.4, -0.2) is 36.1 Å². The molecule has 0 radical (unpaired) electrons. The van der Waals surface area contributed by atoms with Crippen molar-refractivity contribution in [3.05, 3.63) is 0 Å². The van der Waals surface area contributed by atoms with E-state index >= 15 is 0 Å². The molecule has 2 rings (SSSR count). The van der Waals surface area contributed by atoms with Crippen molar-refractivity contribution >= 4 is 0 Å². The van der Waals surface area contributed by atoms with Gasteiger partial charge in [-0.1, -0.05) is 20.8 Å². The summed E-state index contributed by atoms with van der Waals surface area (Å²) in [6.07, 6.45) is 6.94. The lowest BCUT2D eigenvalue weighted by atomic mass is 9.91. The Labute approximate surface area is 124 Å². The van der Waals surface area contributed by atoms with E-state index in [1.54, 1.807) is 0 Å². The van der Waals surface area contributed by atoms with Gasteiger partial charge in [-0.05, 0) is 63.5 Å². The fourth-order valence-corrected chi connectivity index (χ4v) is 3.35. The van der Waals surface area contributed by atoms with Gasteiger partial charge in [-0.15, -0.1) is 0 Å². The average molecular weight is 277 g/mol. The summed E-state index contributed by atoms with van der Waals surface area (Å²) in [5.41, 5.74) is -0.266. The molecule has 1 N–H and O–H groups in total. The largest absolute Gasteiger partial charge is 0.303 e. The van der Waals surface area contributed by atoms with Crippen molar-refractivity contribution in [2.24, 2.45) is 11.8 Å². The Morgan fingerprint density at radius 2 is 2.10 bits per heavy atom. The molecule has 1 aliphatic carbocycles. The third-order valence-corrected chi connectivity index (χ3v) is 5.20. The molecule has 3 heteroatoms. The Balaban J connectivity index is 1.72. The zero-order chi connectivity index (χ0) is 14.6. The van der Waals surface area contributed by atoms with E-state index in [1.165, 1.54) is 38.9 Å². The lowest BCUT2D eigenvalue weighted by Gasteiger charge is -2.28. The van der Waals surface area contributed by atoms with E-state index in [9.17, 15) is 5.26 Å². The van der Waals surface area contributed by atoms with Gasteiger partial charge in [0.2, 0.25) is 0 Å². The molecule has 0 aromatic rings. The summed E-state index contributed by atoms with van der Waals surface area (Å²) in [4.78, 5) is 2.60. The van der Waals surface area contributed by atoms with Gasteiger partial charge in [0.15, 0.2) is 0 Å². The average Bonchev–Trinajstić information content (AvgIpc) is 3.12. The molecule has 1 aliphatic heterocycles. The molecule has 1 saturated heterocycles. The minimum Gasteiger partial charge on any atom is -0.303 e. The molecule has 2 aliphatic rings. The Morgan fingerprint density at radius 1 is 1.35 bits per heavy atom. The van der Waals surface area contributed by atoms with Gasteiger partial charge in [0, 0.05) is 12.6 Å². The molecule has 2 unspecified atom stereocenters. The second-order valence-electron chi connectivity index (χ2n) is 7.16. The number of nitrogens with zero attached hydrogens (tertiary/aromatic N) is 2. The van der Waals surface area contributed by atoms with Gasteiger partial charge in [0.1, 0.15) is 5.54 Å². The first-order chi connectivity index (χ1) is 9.58. The van der Waals surface area contributed by atoms with E-state index in [-0.39, 0.29) is 5.54 Å². The molecule has 1 heterocycles. The third-order valence-electron chi connectivity index (χ3n) is 5.20. The highest BCUT2D eigenvalue weighted by molar-refractivity contribution is 5.09. The first-order valence-electron chi connectivity index (χ1n) is 8.50. The number of nitriles is 1. The summed E-state index contributed by atoms with van der Waals surface area (Å²) in [6.45, 7) is 10.5. The van der Waals surface area contributed by atoms with Gasteiger partial charge in [-0.2, -0.15) is 5.26 Å². The van der Waals surface area contributed by atoms with Crippen molar-refractivity contribution < 1.29 is 0 Å². The summed E-state index contributed by atoms with van der Waals surface area (Å²) in [7, 11) is 0. The SMILES string of the molecule is CCC(C#N)(CCCN1CCC(C(C)C)C1)NC1CC1. The number of likely N-dealkylation sites (tertiary alicyclic amines) is 1. The predicted octanol–water partition coefficient (Wildman–Crippen LogP) is 3.17. The van der Waals surface area contributed by atoms with Crippen LogP contribution in [0, 0.1) is 23.2 Å². The standard InChI is InChI=1S/C17H31N3/c1-4-17(13-18,19-16-6-7-16)9-5-10-20-11-8-15(12-20)14(2)3/h14-16,19H,4-12H2,1-3H3. The van der Waals surface area contributed by atoms with Gasteiger partial charge >= 0.3 is 0 Å². The molecular formula is C17H31N3.